The van der Waals surface area contributed by atoms with Gasteiger partial charge in [-0.2, -0.15) is 4.98 Å². The fourth-order valence-corrected chi connectivity index (χ4v) is 2.92. The molecule has 20 heavy (non-hydrogen) atoms. The second-order valence-electron chi connectivity index (χ2n) is 4.59. The molecule has 0 amide bonds. The Morgan fingerprint density at radius 2 is 2.10 bits per heavy atom. The number of furan rings is 1. The van der Waals surface area contributed by atoms with Gasteiger partial charge in [-0.25, -0.2) is 4.98 Å². The highest BCUT2D eigenvalue weighted by molar-refractivity contribution is 7.18. The van der Waals surface area contributed by atoms with Crippen LogP contribution in [0.3, 0.4) is 0 Å². The van der Waals surface area contributed by atoms with Gasteiger partial charge in [0.25, 0.3) is 0 Å². The summed E-state index contributed by atoms with van der Waals surface area (Å²) in [7, 11) is 1.82. The first-order valence-corrected chi connectivity index (χ1v) is 7.22. The Morgan fingerprint density at radius 1 is 1.25 bits per heavy atom. The molecule has 0 atom stereocenters. The third-order valence-electron chi connectivity index (χ3n) is 2.97. The lowest BCUT2D eigenvalue weighted by Crippen LogP contribution is -2.04. The number of thiophene rings is 1. The molecule has 0 fully saturated rings. The van der Waals surface area contributed by atoms with Crippen LogP contribution in [0.5, 0.6) is 0 Å². The summed E-state index contributed by atoms with van der Waals surface area (Å²) in [6, 6.07) is 6.04. The van der Waals surface area contributed by atoms with Crippen molar-refractivity contribution >= 4 is 33.3 Å². The molecule has 0 aliphatic heterocycles. The highest BCUT2D eigenvalue weighted by atomic mass is 32.1. The lowest BCUT2D eigenvalue weighted by atomic mass is 10.3. The molecule has 3 aromatic heterocycles. The molecule has 0 aliphatic carbocycles. The number of fused-ring (bicyclic) bond motifs is 1. The van der Waals surface area contributed by atoms with Crippen LogP contribution in [0, 0.1) is 13.8 Å². The Balaban J connectivity index is 1.92. The van der Waals surface area contributed by atoms with Gasteiger partial charge < -0.3 is 15.1 Å². The van der Waals surface area contributed by atoms with E-state index in [1.54, 1.807) is 11.3 Å². The van der Waals surface area contributed by atoms with Gasteiger partial charge in [0.15, 0.2) is 0 Å². The zero-order chi connectivity index (χ0) is 14.1. The van der Waals surface area contributed by atoms with Gasteiger partial charge in [0.2, 0.25) is 5.95 Å². The number of hydrogen-bond acceptors (Lipinski definition) is 6. The zero-order valence-corrected chi connectivity index (χ0v) is 12.5. The van der Waals surface area contributed by atoms with Crippen LogP contribution in [0.1, 0.15) is 16.4 Å². The van der Waals surface area contributed by atoms with Crippen molar-refractivity contribution in [3.63, 3.8) is 0 Å². The lowest BCUT2D eigenvalue weighted by molar-refractivity contribution is 0.490. The molecule has 0 unspecified atom stereocenters. The lowest BCUT2D eigenvalue weighted by Gasteiger charge is -2.07. The van der Waals surface area contributed by atoms with Crippen molar-refractivity contribution in [3.05, 3.63) is 34.6 Å². The molecule has 0 spiro atoms. The highest BCUT2D eigenvalue weighted by Crippen LogP contribution is 2.29. The standard InChI is InChI=1S/C14H16N4OS/c1-8-4-5-10(19-8)7-16-12-11-6-9(2)20-13(11)18-14(15-3)17-12/h4-6H,7H2,1-3H3,(H2,15,16,17,18). The Labute approximate surface area is 121 Å². The van der Waals surface area contributed by atoms with Crippen LogP contribution in [0.15, 0.2) is 22.6 Å². The summed E-state index contributed by atoms with van der Waals surface area (Å²) in [6.45, 7) is 4.62. The molecule has 0 saturated carbocycles. The highest BCUT2D eigenvalue weighted by Gasteiger charge is 2.10. The monoisotopic (exact) mass is 288 g/mol. The number of rotatable bonds is 4. The van der Waals surface area contributed by atoms with E-state index in [9.17, 15) is 0 Å². The SMILES string of the molecule is CNc1nc(NCc2ccc(C)o2)c2cc(C)sc2n1. The van der Waals surface area contributed by atoms with Gasteiger partial charge in [0, 0.05) is 11.9 Å². The topological polar surface area (TPSA) is 63.0 Å². The molecule has 0 saturated heterocycles. The number of anilines is 2. The maximum Gasteiger partial charge on any atom is 0.225 e. The summed E-state index contributed by atoms with van der Waals surface area (Å²) in [4.78, 5) is 11.2. The summed E-state index contributed by atoms with van der Waals surface area (Å²) in [5, 5.41) is 7.37. The average molecular weight is 288 g/mol. The number of nitrogens with one attached hydrogen (secondary N) is 2. The molecular formula is C14H16N4OS. The summed E-state index contributed by atoms with van der Waals surface area (Å²) >= 11 is 1.67. The molecule has 0 bridgehead atoms. The molecule has 3 aromatic rings. The van der Waals surface area contributed by atoms with Gasteiger partial charge in [-0.15, -0.1) is 11.3 Å². The molecule has 0 radical (unpaired) electrons. The van der Waals surface area contributed by atoms with Crippen molar-refractivity contribution in [1.29, 1.82) is 0 Å². The van der Waals surface area contributed by atoms with E-state index in [1.165, 1.54) is 4.88 Å². The molecule has 0 aliphatic rings. The van der Waals surface area contributed by atoms with Crippen LogP contribution in [0.25, 0.3) is 10.2 Å². The molecule has 3 rings (SSSR count). The maximum absolute atomic E-state index is 5.56. The first-order chi connectivity index (χ1) is 9.65. The Bertz CT molecular complexity index is 747. The second-order valence-corrected chi connectivity index (χ2v) is 5.82. The molecule has 2 N–H and O–H groups in total. The van der Waals surface area contributed by atoms with Crippen LogP contribution in [-0.4, -0.2) is 17.0 Å². The van der Waals surface area contributed by atoms with E-state index in [0.29, 0.717) is 12.5 Å². The van der Waals surface area contributed by atoms with E-state index in [0.717, 1.165) is 27.6 Å². The predicted octanol–water partition coefficient (Wildman–Crippen LogP) is 3.55. The van der Waals surface area contributed by atoms with Crippen LogP contribution >= 0.6 is 11.3 Å². The minimum absolute atomic E-state index is 0.609. The maximum atomic E-state index is 5.56. The van der Waals surface area contributed by atoms with Crippen molar-refractivity contribution in [2.24, 2.45) is 0 Å². The van der Waals surface area contributed by atoms with Crippen LogP contribution in [-0.2, 0) is 6.54 Å². The number of hydrogen-bond donors (Lipinski definition) is 2. The average Bonchev–Trinajstić information content (AvgIpc) is 3.00. The molecule has 0 aromatic carbocycles. The van der Waals surface area contributed by atoms with Crippen molar-refractivity contribution in [1.82, 2.24) is 9.97 Å². The van der Waals surface area contributed by atoms with Crippen molar-refractivity contribution in [2.75, 3.05) is 17.7 Å². The fourth-order valence-electron chi connectivity index (χ4n) is 2.04. The van der Waals surface area contributed by atoms with Crippen LogP contribution in [0.4, 0.5) is 11.8 Å². The first kappa shape index (κ1) is 12.9. The molecular weight excluding hydrogens is 272 g/mol. The fraction of sp³-hybridized carbons (Fsp3) is 0.286. The zero-order valence-electron chi connectivity index (χ0n) is 11.7. The summed E-state index contributed by atoms with van der Waals surface area (Å²) in [5.74, 6) is 3.26. The van der Waals surface area contributed by atoms with E-state index >= 15 is 0 Å². The second kappa shape index (κ2) is 5.13. The van der Waals surface area contributed by atoms with Gasteiger partial charge >= 0.3 is 0 Å². The van der Waals surface area contributed by atoms with E-state index in [4.69, 9.17) is 4.42 Å². The summed E-state index contributed by atoms with van der Waals surface area (Å²) in [6.07, 6.45) is 0. The van der Waals surface area contributed by atoms with E-state index in [-0.39, 0.29) is 0 Å². The first-order valence-electron chi connectivity index (χ1n) is 6.41. The number of aryl methyl sites for hydroxylation is 2. The molecule has 104 valence electrons. The smallest absolute Gasteiger partial charge is 0.225 e. The molecule has 3 heterocycles. The van der Waals surface area contributed by atoms with Crippen LogP contribution < -0.4 is 10.6 Å². The minimum atomic E-state index is 0.609. The van der Waals surface area contributed by atoms with Gasteiger partial charge in [0.05, 0.1) is 11.9 Å². The Hall–Kier alpha value is -2.08. The number of nitrogens with zero attached hydrogens (tertiary/aromatic N) is 2. The van der Waals surface area contributed by atoms with E-state index in [2.05, 4.69) is 33.6 Å². The molecule has 5 nitrogen and oxygen atoms in total. The van der Waals surface area contributed by atoms with Crippen molar-refractivity contribution in [3.8, 4) is 0 Å². The Kier molecular flexibility index (Phi) is 3.31. The minimum Gasteiger partial charge on any atom is -0.465 e. The molecule has 6 heteroatoms. The van der Waals surface area contributed by atoms with Crippen LogP contribution in [0.2, 0.25) is 0 Å². The largest absolute Gasteiger partial charge is 0.465 e. The Morgan fingerprint density at radius 3 is 2.80 bits per heavy atom. The summed E-state index contributed by atoms with van der Waals surface area (Å²) in [5.41, 5.74) is 0. The summed E-state index contributed by atoms with van der Waals surface area (Å²) < 4.78 is 5.56. The third kappa shape index (κ3) is 2.46. The third-order valence-corrected chi connectivity index (χ3v) is 3.91. The quantitative estimate of drug-likeness (QED) is 0.768. The van der Waals surface area contributed by atoms with Crippen molar-refractivity contribution in [2.45, 2.75) is 20.4 Å². The van der Waals surface area contributed by atoms with Gasteiger partial charge in [-0.1, -0.05) is 0 Å². The van der Waals surface area contributed by atoms with Crippen molar-refractivity contribution < 1.29 is 4.42 Å². The van der Waals surface area contributed by atoms with Gasteiger partial charge in [-0.3, -0.25) is 0 Å². The van der Waals surface area contributed by atoms with Gasteiger partial charge in [0.1, 0.15) is 22.2 Å². The van der Waals surface area contributed by atoms with Gasteiger partial charge in [-0.05, 0) is 32.0 Å². The normalized spacial score (nSPS) is 10.9. The van der Waals surface area contributed by atoms with E-state index < -0.39 is 0 Å². The van der Waals surface area contributed by atoms with E-state index in [1.807, 2.05) is 26.1 Å². The predicted molar refractivity (Wildman–Crippen MR) is 82.5 cm³/mol. The number of aromatic nitrogens is 2.